The van der Waals surface area contributed by atoms with Crippen molar-refractivity contribution in [2.75, 3.05) is 0 Å². The topological polar surface area (TPSA) is 37.3 Å². The van der Waals surface area contributed by atoms with Crippen LogP contribution in [0.25, 0.3) is 0 Å². The van der Waals surface area contributed by atoms with Crippen LogP contribution in [0.15, 0.2) is 0 Å². The van der Waals surface area contributed by atoms with Crippen LogP contribution in [-0.2, 0) is 4.79 Å². The minimum Gasteiger partial charge on any atom is -0.481 e. The molecule has 0 spiro atoms. The van der Waals surface area contributed by atoms with E-state index in [0.29, 0.717) is 0 Å². The quantitative estimate of drug-likeness (QED) is 0.519. The molecular weight excluding hydrogens is 128 g/mol. The van der Waals surface area contributed by atoms with Gasteiger partial charge in [0.2, 0.25) is 0 Å². The molecule has 0 atom stereocenters. The molecule has 0 aromatic carbocycles. The number of rotatable bonds is 0. The summed E-state index contributed by atoms with van der Waals surface area (Å²) in [5, 5.41) is 7.42. The molecule has 1 N–H and O–H groups in total. The van der Waals surface area contributed by atoms with Gasteiger partial charge in [-0.05, 0) is 12.8 Å². The van der Waals surface area contributed by atoms with Crippen LogP contribution in [0.4, 0.5) is 0 Å². The summed E-state index contributed by atoms with van der Waals surface area (Å²) in [7, 11) is 0. The number of aliphatic carboxylic acids is 1. The van der Waals surface area contributed by atoms with Crippen molar-refractivity contribution in [3.05, 3.63) is 0 Å². The highest BCUT2D eigenvalue weighted by molar-refractivity contribution is 5.62. The van der Waals surface area contributed by atoms with Crippen molar-refractivity contribution in [1.82, 2.24) is 0 Å². The monoisotopic (exact) mass is 140 g/mol. The first-order valence-corrected chi connectivity index (χ1v) is 3.38. The van der Waals surface area contributed by atoms with Crippen molar-refractivity contribution in [2.45, 2.75) is 32.6 Å². The SMILES string of the molecule is C1#CCCCC1.CC(=O)O. The lowest BCUT2D eigenvalue weighted by Crippen LogP contribution is -1.78. The first kappa shape index (κ1) is 9.03. The number of carboxylic acids is 1. The molecule has 0 unspecified atom stereocenters. The van der Waals surface area contributed by atoms with Gasteiger partial charge in [0.1, 0.15) is 0 Å². The fraction of sp³-hybridized carbons (Fsp3) is 0.625. The molecule has 1 aliphatic carbocycles. The summed E-state index contributed by atoms with van der Waals surface area (Å²) in [4.78, 5) is 9.00. The second-order valence-corrected chi connectivity index (χ2v) is 2.08. The van der Waals surface area contributed by atoms with Crippen LogP contribution in [-0.4, -0.2) is 11.1 Å². The van der Waals surface area contributed by atoms with Crippen LogP contribution < -0.4 is 0 Å². The summed E-state index contributed by atoms with van der Waals surface area (Å²) < 4.78 is 0. The highest BCUT2D eigenvalue weighted by Crippen LogP contribution is 2.01. The molecule has 56 valence electrons. The molecule has 0 aromatic rings. The lowest BCUT2D eigenvalue weighted by atomic mass is 10.1. The summed E-state index contributed by atoms with van der Waals surface area (Å²) in [6.45, 7) is 1.08. The molecule has 2 nitrogen and oxygen atoms in total. The van der Waals surface area contributed by atoms with Gasteiger partial charge in [-0.2, -0.15) is 0 Å². The highest BCUT2D eigenvalue weighted by atomic mass is 16.4. The van der Waals surface area contributed by atoms with E-state index in [-0.39, 0.29) is 0 Å². The summed E-state index contributed by atoms with van der Waals surface area (Å²) in [6, 6.07) is 0. The molecule has 0 bridgehead atoms. The predicted octanol–water partition coefficient (Wildman–Crippen LogP) is 1.65. The molecule has 0 saturated carbocycles. The van der Waals surface area contributed by atoms with Gasteiger partial charge in [-0.25, -0.2) is 0 Å². The molecule has 0 heterocycles. The van der Waals surface area contributed by atoms with E-state index in [1.165, 1.54) is 12.8 Å². The minimum atomic E-state index is -0.833. The lowest BCUT2D eigenvalue weighted by Gasteiger charge is -1.92. The Balaban J connectivity index is 0.000000180. The Morgan fingerprint density at radius 2 is 1.60 bits per heavy atom. The van der Waals surface area contributed by atoms with E-state index in [4.69, 9.17) is 9.90 Å². The van der Waals surface area contributed by atoms with Crippen molar-refractivity contribution in [1.29, 1.82) is 0 Å². The lowest BCUT2D eigenvalue weighted by molar-refractivity contribution is -0.134. The third-order valence-corrected chi connectivity index (χ3v) is 0.979. The fourth-order valence-electron chi connectivity index (χ4n) is 0.604. The maximum Gasteiger partial charge on any atom is 0.300 e. The third kappa shape index (κ3) is 10.1. The van der Waals surface area contributed by atoms with Crippen LogP contribution >= 0.6 is 0 Å². The van der Waals surface area contributed by atoms with Gasteiger partial charge >= 0.3 is 0 Å². The number of hydrogen-bond donors (Lipinski definition) is 1. The molecule has 0 fully saturated rings. The van der Waals surface area contributed by atoms with Crippen molar-refractivity contribution >= 4 is 5.97 Å². The molecule has 2 heteroatoms. The van der Waals surface area contributed by atoms with E-state index in [1.807, 2.05) is 0 Å². The van der Waals surface area contributed by atoms with Crippen molar-refractivity contribution in [3.63, 3.8) is 0 Å². The van der Waals surface area contributed by atoms with E-state index < -0.39 is 5.97 Å². The first-order chi connectivity index (χ1) is 4.73. The Hall–Kier alpha value is -0.970. The summed E-state index contributed by atoms with van der Waals surface area (Å²) in [6.07, 6.45) is 4.93. The normalized spacial score (nSPS) is 13.7. The van der Waals surface area contributed by atoms with Crippen molar-refractivity contribution < 1.29 is 9.90 Å². The number of carbonyl (C=O) groups is 1. The van der Waals surface area contributed by atoms with Gasteiger partial charge in [0.15, 0.2) is 0 Å². The molecule has 1 aliphatic rings. The summed E-state index contributed by atoms with van der Waals surface area (Å²) in [5.41, 5.74) is 0. The van der Waals surface area contributed by atoms with Crippen molar-refractivity contribution in [3.8, 4) is 11.8 Å². The Morgan fingerprint density at radius 1 is 1.30 bits per heavy atom. The minimum absolute atomic E-state index is 0.833. The highest BCUT2D eigenvalue weighted by Gasteiger charge is 1.86. The van der Waals surface area contributed by atoms with Crippen LogP contribution in [0.2, 0.25) is 0 Å². The van der Waals surface area contributed by atoms with E-state index in [0.717, 1.165) is 19.8 Å². The van der Waals surface area contributed by atoms with Crippen LogP contribution in [0, 0.1) is 11.8 Å². The van der Waals surface area contributed by atoms with E-state index >= 15 is 0 Å². The standard InChI is InChI=1S/C6H8.C2H4O2/c1-2-4-6-5-3-1;1-2(3)4/h1-4H2;1H3,(H,3,4). The Morgan fingerprint density at radius 3 is 1.70 bits per heavy atom. The van der Waals surface area contributed by atoms with Crippen LogP contribution in [0.1, 0.15) is 32.6 Å². The zero-order chi connectivity index (χ0) is 7.82. The molecule has 0 aromatic heterocycles. The van der Waals surface area contributed by atoms with E-state index in [9.17, 15) is 0 Å². The Kier molecular flexibility index (Phi) is 5.56. The molecule has 0 saturated heterocycles. The summed E-state index contributed by atoms with van der Waals surface area (Å²) >= 11 is 0. The van der Waals surface area contributed by atoms with Gasteiger partial charge in [0.25, 0.3) is 5.97 Å². The van der Waals surface area contributed by atoms with E-state index in [2.05, 4.69) is 11.8 Å². The Labute approximate surface area is 61.2 Å². The molecule has 0 amide bonds. The van der Waals surface area contributed by atoms with Gasteiger partial charge < -0.3 is 5.11 Å². The number of hydrogen-bond acceptors (Lipinski definition) is 1. The zero-order valence-electron chi connectivity index (χ0n) is 6.18. The second-order valence-electron chi connectivity index (χ2n) is 2.08. The molecule has 10 heavy (non-hydrogen) atoms. The predicted molar refractivity (Wildman–Crippen MR) is 39.6 cm³/mol. The fourth-order valence-corrected chi connectivity index (χ4v) is 0.604. The average Bonchev–Trinajstić information content (AvgIpc) is 1.90. The molecule has 0 aliphatic heterocycles. The average molecular weight is 140 g/mol. The van der Waals surface area contributed by atoms with Gasteiger partial charge in [0.05, 0.1) is 0 Å². The largest absolute Gasteiger partial charge is 0.481 e. The first-order valence-electron chi connectivity index (χ1n) is 3.38. The second kappa shape index (κ2) is 6.15. The zero-order valence-corrected chi connectivity index (χ0v) is 6.18. The summed E-state index contributed by atoms with van der Waals surface area (Å²) in [5.74, 6) is 5.24. The molecular formula is C8H12O2. The van der Waals surface area contributed by atoms with Crippen molar-refractivity contribution in [2.24, 2.45) is 0 Å². The van der Waals surface area contributed by atoms with Gasteiger partial charge in [-0.3, -0.25) is 4.79 Å². The van der Waals surface area contributed by atoms with Crippen LogP contribution in [0.5, 0.6) is 0 Å². The van der Waals surface area contributed by atoms with Gasteiger partial charge in [-0.1, -0.05) is 0 Å². The van der Waals surface area contributed by atoms with E-state index in [1.54, 1.807) is 0 Å². The van der Waals surface area contributed by atoms with Gasteiger partial charge in [-0.15, -0.1) is 11.8 Å². The Bertz CT molecular complexity index is 136. The maximum absolute atomic E-state index is 9.00. The maximum atomic E-state index is 9.00. The number of carboxylic acid groups (broad SMARTS) is 1. The van der Waals surface area contributed by atoms with Gasteiger partial charge in [0, 0.05) is 19.8 Å². The smallest absolute Gasteiger partial charge is 0.300 e. The molecule has 0 radical (unpaired) electrons. The third-order valence-electron chi connectivity index (χ3n) is 0.979. The van der Waals surface area contributed by atoms with Crippen LogP contribution in [0.3, 0.4) is 0 Å². The molecule has 1 rings (SSSR count).